The maximum atomic E-state index is 5.68. The molecule has 0 amide bonds. The topological polar surface area (TPSA) is 61.0 Å². The van der Waals surface area contributed by atoms with Gasteiger partial charge in [-0.15, -0.1) is 0 Å². The van der Waals surface area contributed by atoms with Crippen LogP contribution in [0.15, 0.2) is 35.2 Å². The minimum absolute atomic E-state index is 0.372. The smallest absolute Gasteiger partial charge is 0.245 e. The van der Waals surface area contributed by atoms with Gasteiger partial charge in [0.15, 0.2) is 0 Å². The molecule has 0 aliphatic carbocycles. The average molecular weight is 280 g/mol. The summed E-state index contributed by atoms with van der Waals surface area (Å²) in [6.07, 6.45) is 2.91. The molecule has 2 N–H and O–H groups in total. The van der Waals surface area contributed by atoms with Gasteiger partial charge in [0, 0.05) is 4.47 Å². The quantitative estimate of drug-likeness (QED) is 0.918. The third-order valence-electron chi connectivity index (χ3n) is 2.05. The number of nitrogens with two attached hydrogens (primary N) is 1. The molecule has 0 bridgehead atoms. The van der Waals surface area contributed by atoms with E-state index < -0.39 is 0 Å². The molecular weight excluding hydrogens is 270 g/mol. The highest BCUT2D eigenvalue weighted by molar-refractivity contribution is 9.10. The fourth-order valence-corrected chi connectivity index (χ4v) is 1.45. The van der Waals surface area contributed by atoms with E-state index in [0.29, 0.717) is 17.3 Å². The Bertz CT molecular complexity index is 516. The first kappa shape index (κ1) is 10.9. The average Bonchev–Trinajstić information content (AvgIpc) is 2.27. The van der Waals surface area contributed by atoms with Crippen molar-refractivity contribution < 1.29 is 4.74 Å². The predicted molar refractivity (Wildman–Crippen MR) is 65.4 cm³/mol. The van der Waals surface area contributed by atoms with Crippen molar-refractivity contribution in [1.82, 2.24) is 9.97 Å². The summed E-state index contributed by atoms with van der Waals surface area (Å²) in [5, 5.41) is 0. The summed E-state index contributed by atoms with van der Waals surface area (Å²) in [6.45, 7) is 1.99. The Balaban J connectivity index is 2.28. The van der Waals surface area contributed by atoms with Gasteiger partial charge in [-0.1, -0.05) is 15.9 Å². The van der Waals surface area contributed by atoms with E-state index in [4.69, 9.17) is 10.5 Å². The van der Waals surface area contributed by atoms with Gasteiger partial charge in [-0.25, -0.2) is 4.98 Å². The Labute approximate surface area is 102 Å². The van der Waals surface area contributed by atoms with Gasteiger partial charge in [0.25, 0.3) is 0 Å². The second-order valence-corrected chi connectivity index (χ2v) is 4.15. The Kier molecular flexibility index (Phi) is 3.05. The summed E-state index contributed by atoms with van der Waals surface area (Å²) in [4.78, 5) is 7.75. The Morgan fingerprint density at radius 1 is 1.38 bits per heavy atom. The summed E-state index contributed by atoms with van der Waals surface area (Å²) < 4.78 is 6.59. The van der Waals surface area contributed by atoms with Crippen molar-refractivity contribution in [2.24, 2.45) is 0 Å². The van der Waals surface area contributed by atoms with Gasteiger partial charge < -0.3 is 10.5 Å². The zero-order chi connectivity index (χ0) is 11.5. The number of nitrogens with zero attached hydrogens (tertiary/aromatic N) is 2. The molecule has 4 nitrogen and oxygen atoms in total. The molecule has 0 spiro atoms. The van der Waals surface area contributed by atoms with Gasteiger partial charge in [0.05, 0.1) is 6.20 Å². The summed E-state index contributed by atoms with van der Waals surface area (Å²) in [7, 11) is 0. The number of ether oxygens (including phenoxy) is 1. The lowest BCUT2D eigenvalue weighted by atomic mass is 10.2. The monoisotopic (exact) mass is 279 g/mol. The number of aryl methyl sites for hydroxylation is 1. The van der Waals surface area contributed by atoms with Crippen LogP contribution in [0, 0.1) is 6.92 Å². The molecule has 16 heavy (non-hydrogen) atoms. The first-order valence-corrected chi connectivity index (χ1v) is 5.45. The van der Waals surface area contributed by atoms with Crippen LogP contribution in [-0.2, 0) is 0 Å². The summed E-state index contributed by atoms with van der Waals surface area (Å²) in [5.41, 5.74) is 7.18. The molecule has 0 radical (unpaired) electrons. The molecule has 2 aromatic rings. The molecular formula is C11H10BrN3O. The zero-order valence-corrected chi connectivity index (χ0v) is 10.2. The Morgan fingerprint density at radius 2 is 2.19 bits per heavy atom. The van der Waals surface area contributed by atoms with Gasteiger partial charge in [-0.2, -0.15) is 4.98 Å². The minimum atomic E-state index is 0.372. The largest absolute Gasteiger partial charge is 0.437 e. The lowest BCUT2D eigenvalue weighted by Gasteiger charge is -2.07. The third kappa shape index (κ3) is 2.30. The summed E-state index contributed by atoms with van der Waals surface area (Å²) >= 11 is 3.42. The molecule has 2 rings (SSSR count). The standard InChI is InChI=1S/C11H10BrN3O/c1-7-4-8(2-3-9(7)12)16-11-10(13)5-14-6-15-11/h2-6H,13H2,1H3. The molecule has 1 heterocycles. The van der Waals surface area contributed by atoms with E-state index in [2.05, 4.69) is 25.9 Å². The van der Waals surface area contributed by atoms with Crippen molar-refractivity contribution >= 4 is 21.6 Å². The van der Waals surface area contributed by atoms with Crippen LogP contribution in [0.2, 0.25) is 0 Å². The molecule has 0 aliphatic rings. The molecule has 1 aromatic heterocycles. The van der Waals surface area contributed by atoms with Crippen LogP contribution in [0.4, 0.5) is 5.69 Å². The van der Waals surface area contributed by atoms with Gasteiger partial charge in [-0.05, 0) is 30.7 Å². The van der Waals surface area contributed by atoms with Gasteiger partial charge >= 0.3 is 0 Å². The van der Waals surface area contributed by atoms with Crippen molar-refractivity contribution in [2.45, 2.75) is 6.92 Å². The lowest BCUT2D eigenvalue weighted by molar-refractivity contribution is 0.463. The molecule has 0 fully saturated rings. The first-order chi connectivity index (χ1) is 7.66. The first-order valence-electron chi connectivity index (χ1n) is 4.66. The molecule has 1 aromatic carbocycles. The van der Waals surface area contributed by atoms with Crippen molar-refractivity contribution in [1.29, 1.82) is 0 Å². The van der Waals surface area contributed by atoms with E-state index >= 15 is 0 Å². The van der Waals surface area contributed by atoms with E-state index in [1.807, 2.05) is 25.1 Å². The lowest BCUT2D eigenvalue weighted by Crippen LogP contribution is -1.95. The minimum Gasteiger partial charge on any atom is -0.437 e. The van der Waals surface area contributed by atoms with Crippen molar-refractivity contribution in [2.75, 3.05) is 5.73 Å². The molecule has 5 heteroatoms. The summed E-state index contributed by atoms with van der Waals surface area (Å²) in [6, 6.07) is 5.67. The van der Waals surface area contributed by atoms with Crippen LogP contribution in [0.25, 0.3) is 0 Å². The molecule has 82 valence electrons. The van der Waals surface area contributed by atoms with E-state index in [0.717, 1.165) is 10.0 Å². The van der Waals surface area contributed by atoms with Crippen molar-refractivity contribution in [3.05, 3.63) is 40.8 Å². The van der Waals surface area contributed by atoms with Gasteiger partial charge in [0.2, 0.25) is 5.88 Å². The maximum absolute atomic E-state index is 5.68. The number of rotatable bonds is 2. The Hall–Kier alpha value is -1.62. The highest BCUT2D eigenvalue weighted by Gasteiger charge is 2.04. The van der Waals surface area contributed by atoms with E-state index in [-0.39, 0.29) is 0 Å². The third-order valence-corrected chi connectivity index (χ3v) is 2.94. The van der Waals surface area contributed by atoms with Crippen LogP contribution in [0.1, 0.15) is 5.56 Å². The van der Waals surface area contributed by atoms with Crippen molar-refractivity contribution in [3.63, 3.8) is 0 Å². The highest BCUT2D eigenvalue weighted by Crippen LogP contribution is 2.27. The highest BCUT2D eigenvalue weighted by atomic mass is 79.9. The zero-order valence-electron chi connectivity index (χ0n) is 8.64. The molecule has 0 aliphatic heterocycles. The second kappa shape index (κ2) is 4.49. The SMILES string of the molecule is Cc1cc(Oc2ncncc2N)ccc1Br. The fraction of sp³-hybridized carbons (Fsp3) is 0.0909. The Morgan fingerprint density at radius 3 is 2.88 bits per heavy atom. The fourth-order valence-electron chi connectivity index (χ4n) is 1.21. The van der Waals surface area contributed by atoms with Crippen LogP contribution >= 0.6 is 15.9 Å². The van der Waals surface area contributed by atoms with Crippen LogP contribution < -0.4 is 10.5 Å². The predicted octanol–water partition coefficient (Wildman–Crippen LogP) is 2.92. The van der Waals surface area contributed by atoms with Gasteiger partial charge in [-0.3, -0.25) is 0 Å². The summed E-state index contributed by atoms with van der Waals surface area (Å²) in [5.74, 6) is 1.07. The van der Waals surface area contributed by atoms with Crippen LogP contribution in [0.5, 0.6) is 11.6 Å². The van der Waals surface area contributed by atoms with E-state index in [1.165, 1.54) is 12.5 Å². The number of halogens is 1. The number of hydrogen-bond donors (Lipinski definition) is 1. The van der Waals surface area contributed by atoms with E-state index in [9.17, 15) is 0 Å². The number of hydrogen-bond acceptors (Lipinski definition) is 4. The molecule has 0 saturated carbocycles. The number of nitrogen functional groups attached to an aromatic ring is 1. The van der Waals surface area contributed by atoms with Crippen LogP contribution in [0.3, 0.4) is 0 Å². The van der Waals surface area contributed by atoms with Crippen LogP contribution in [-0.4, -0.2) is 9.97 Å². The molecule has 0 unspecified atom stereocenters. The molecule has 0 saturated heterocycles. The van der Waals surface area contributed by atoms with Crippen molar-refractivity contribution in [3.8, 4) is 11.6 Å². The normalized spacial score (nSPS) is 10.1. The number of aromatic nitrogens is 2. The molecule has 0 atom stereocenters. The van der Waals surface area contributed by atoms with Gasteiger partial charge in [0.1, 0.15) is 17.8 Å². The maximum Gasteiger partial charge on any atom is 0.245 e. The number of anilines is 1. The number of benzene rings is 1. The second-order valence-electron chi connectivity index (χ2n) is 3.30. The van der Waals surface area contributed by atoms with E-state index in [1.54, 1.807) is 0 Å².